The van der Waals surface area contributed by atoms with E-state index in [-0.39, 0.29) is 5.78 Å². The number of thioether (sulfide) groups is 1. The molecule has 112 valence electrons. The van der Waals surface area contributed by atoms with Gasteiger partial charge in [0.1, 0.15) is 5.75 Å². The van der Waals surface area contributed by atoms with Gasteiger partial charge in [-0.2, -0.15) is 5.26 Å². The molecule has 0 bridgehead atoms. The Balaban J connectivity index is 2.09. The maximum atomic E-state index is 12.4. The molecule has 0 aliphatic carbocycles. The molecule has 1 aromatic carbocycles. The minimum atomic E-state index is -0.915. The summed E-state index contributed by atoms with van der Waals surface area (Å²) in [5.41, 5.74) is 0.447. The lowest BCUT2D eigenvalue weighted by Gasteiger charge is -2.16. The van der Waals surface area contributed by atoms with E-state index in [1.54, 1.807) is 43.1 Å². The van der Waals surface area contributed by atoms with Gasteiger partial charge in [0.2, 0.25) is 0 Å². The summed E-state index contributed by atoms with van der Waals surface area (Å²) in [4.78, 5) is 17.6. The molecule has 0 amide bonds. The van der Waals surface area contributed by atoms with Gasteiger partial charge in [-0.25, -0.2) is 0 Å². The maximum Gasteiger partial charge on any atom is 0.196 e. The van der Waals surface area contributed by atoms with Crippen molar-refractivity contribution < 1.29 is 9.53 Å². The van der Waals surface area contributed by atoms with Gasteiger partial charge in [0, 0.05) is 11.1 Å². The molecule has 5 heteroatoms. The second kappa shape index (κ2) is 7.62. The molecule has 1 aromatic heterocycles. The van der Waals surface area contributed by atoms with E-state index in [1.807, 2.05) is 36.6 Å². The minimum Gasteiger partial charge on any atom is -0.483 e. The molecule has 1 heterocycles. The summed E-state index contributed by atoms with van der Waals surface area (Å²) in [7, 11) is 0. The normalized spacial score (nSPS) is 13.0. The van der Waals surface area contributed by atoms with E-state index in [9.17, 15) is 10.1 Å². The lowest BCUT2D eigenvalue weighted by atomic mass is 9.98. The number of Topliss-reactive ketones (excluding diaryl/α,β-unsaturated/α-hetero) is 1. The Kier molecular flexibility index (Phi) is 5.56. The second-order valence-electron chi connectivity index (χ2n) is 4.65. The largest absolute Gasteiger partial charge is 0.483 e. The zero-order chi connectivity index (χ0) is 15.9. The second-order valence-corrected chi connectivity index (χ2v) is 5.53. The molecule has 0 spiro atoms. The fourth-order valence-corrected chi connectivity index (χ4v) is 2.38. The van der Waals surface area contributed by atoms with E-state index in [1.165, 1.54) is 0 Å². The van der Waals surface area contributed by atoms with Crippen molar-refractivity contribution in [1.29, 1.82) is 5.26 Å². The summed E-state index contributed by atoms with van der Waals surface area (Å²) in [6.07, 6.45) is 2.85. The van der Waals surface area contributed by atoms with Crippen molar-refractivity contribution in [1.82, 2.24) is 4.98 Å². The highest BCUT2D eigenvalue weighted by atomic mass is 32.2. The molecule has 22 heavy (non-hydrogen) atoms. The minimum absolute atomic E-state index is 0.296. The third-order valence-electron chi connectivity index (χ3n) is 3.17. The third-order valence-corrected chi connectivity index (χ3v) is 3.91. The molecule has 2 rings (SSSR count). The molecule has 4 nitrogen and oxygen atoms in total. The van der Waals surface area contributed by atoms with Crippen molar-refractivity contribution in [2.24, 2.45) is 0 Å². The summed E-state index contributed by atoms with van der Waals surface area (Å²) in [5, 5.41) is 9.26. The van der Waals surface area contributed by atoms with Gasteiger partial charge in [-0.15, -0.1) is 11.8 Å². The van der Waals surface area contributed by atoms with Crippen LogP contribution in [0.5, 0.6) is 5.75 Å². The quantitative estimate of drug-likeness (QED) is 0.764. The Hall–Kier alpha value is -2.32. The van der Waals surface area contributed by atoms with Gasteiger partial charge in [0.25, 0.3) is 0 Å². The summed E-state index contributed by atoms with van der Waals surface area (Å²) < 4.78 is 5.64. The van der Waals surface area contributed by atoms with E-state index in [2.05, 4.69) is 4.98 Å². The highest BCUT2D eigenvalue weighted by Gasteiger charge is 2.27. The van der Waals surface area contributed by atoms with Crippen molar-refractivity contribution in [2.75, 3.05) is 6.26 Å². The topological polar surface area (TPSA) is 63.0 Å². The molecule has 2 atom stereocenters. The van der Waals surface area contributed by atoms with Crippen LogP contribution in [0.3, 0.4) is 0 Å². The summed E-state index contributed by atoms with van der Waals surface area (Å²) in [5.74, 6) is -0.604. The monoisotopic (exact) mass is 312 g/mol. The molecular weight excluding hydrogens is 296 g/mol. The number of nitrogens with zero attached hydrogens (tertiary/aromatic N) is 2. The first-order chi connectivity index (χ1) is 10.7. The zero-order valence-corrected chi connectivity index (χ0v) is 13.2. The van der Waals surface area contributed by atoms with Crippen molar-refractivity contribution in [3.63, 3.8) is 0 Å². The summed E-state index contributed by atoms with van der Waals surface area (Å²) >= 11 is 1.63. The Bertz CT molecular complexity index is 665. The molecule has 0 N–H and O–H groups in total. The van der Waals surface area contributed by atoms with Crippen LogP contribution in [-0.2, 0) is 4.79 Å². The zero-order valence-electron chi connectivity index (χ0n) is 12.4. The summed E-state index contributed by atoms with van der Waals surface area (Å²) in [6, 6.07) is 14.7. The Labute approximate surface area is 134 Å². The Morgan fingerprint density at radius 1 is 1.27 bits per heavy atom. The third kappa shape index (κ3) is 3.86. The van der Waals surface area contributed by atoms with E-state index in [0.29, 0.717) is 11.4 Å². The molecule has 0 saturated carbocycles. The van der Waals surface area contributed by atoms with Crippen LogP contribution in [0, 0.1) is 11.3 Å². The highest BCUT2D eigenvalue weighted by molar-refractivity contribution is 7.98. The highest BCUT2D eigenvalue weighted by Crippen LogP contribution is 2.22. The van der Waals surface area contributed by atoms with Gasteiger partial charge >= 0.3 is 0 Å². The molecule has 0 unspecified atom stereocenters. The molecule has 0 aliphatic heterocycles. The van der Waals surface area contributed by atoms with E-state index in [0.717, 1.165) is 4.90 Å². The van der Waals surface area contributed by atoms with Gasteiger partial charge in [-0.1, -0.05) is 6.07 Å². The van der Waals surface area contributed by atoms with Gasteiger partial charge < -0.3 is 4.74 Å². The fourth-order valence-electron chi connectivity index (χ4n) is 1.97. The van der Waals surface area contributed by atoms with Crippen LogP contribution in [0.2, 0.25) is 0 Å². The Morgan fingerprint density at radius 3 is 2.55 bits per heavy atom. The Morgan fingerprint density at radius 2 is 2.00 bits per heavy atom. The number of carbonyl (C=O) groups excluding carboxylic acids is 1. The molecule has 2 aromatic rings. The standard InChI is InChI=1S/C17H16N2O2S/c1-12(21-13-6-8-14(22-2)9-7-13)17(20)15(11-18)16-5-3-4-10-19-16/h3-10,12,15H,1-2H3/t12-,15-/m0/s1. The first-order valence-corrected chi connectivity index (χ1v) is 8.03. The van der Waals surface area contributed by atoms with E-state index >= 15 is 0 Å². The number of carbonyl (C=O) groups is 1. The van der Waals surface area contributed by atoms with Gasteiger partial charge in [-0.05, 0) is 49.6 Å². The van der Waals surface area contributed by atoms with Crippen LogP contribution in [0.4, 0.5) is 0 Å². The predicted molar refractivity (Wildman–Crippen MR) is 85.9 cm³/mol. The number of ether oxygens (including phenoxy) is 1. The number of hydrogen-bond donors (Lipinski definition) is 0. The molecule has 0 radical (unpaired) electrons. The first kappa shape index (κ1) is 16.1. The van der Waals surface area contributed by atoms with Crippen molar-refractivity contribution >= 4 is 17.5 Å². The smallest absolute Gasteiger partial charge is 0.196 e. The lowest BCUT2D eigenvalue weighted by Crippen LogP contribution is -2.29. The van der Waals surface area contributed by atoms with Crippen molar-refractivity contribution in [3.05, 3.63) is 54.4 Å². The van der Waals surface area contributed by atoms with Gasteiger partial charge in [0.05, 0.1) is 11.8 Å². The SMILES string of the molecule is CSc1ccc(O[C@@H](C)C(=O)[C@@H](C#N)c2ccccn2)cc1. The molecule has 0 fully saturated rings. The van der Waals surface area contributed by atoms with Crippen LogP contribution in [0.25, 0.3) is 0 Å². The number of hydrogen-bond acceptors (Lipinski definition) is 5. The van der Waals surface area contributed by atoms with Gasteiger partial charge in [0.15, 0.2) is 17.8 Å². The first-order valence-electron chi connectivity index (χ1n) is 6.80. The van der Waals surface area contributed by atoms with Crippen LogP contribution in [0.15, 0.2) is 53.6 Å². The number of ketones is 1. The molecule has 0 aliphatic rings. The van der Waals surface area contributed by atoms with Gasteiger partial charge in [-0.3, -0.25) is 9.78 Å². The van der Waals surface area contributed by atoms with Crippen LogP contribution in [-0.4, -0.2) is 23.1 Å². The van der Waals surface area contributed by atoms with Crippen molar-refractivity contribution in [2.45, 2.75) is 23.8 Å². The predicted octanol–water partition coefficient (Wildman–Crippen LogP) is 3.45. The molecular formula is C17H16N2O2S. The fraction of sp³-hybridized carbons (Fsp3) is 0.235. The number of nitriles is 1. The van der Waals surface area contributed by atoms with Crippen LogP contribution in [0.1, 0.15) is 18.5 Å². The number of aromatic nitrogens is 1. The average Bonchev–Trinajstić information content (AvgIpc) is 2.57. The number of pyridine rings is 1. The number of benzene rings is 1. The summed E-state index contributed by atoms with van der Waals surface area (Å²) in [6.45, 7) is 1.65. The van der Waals surface area contributed by atoms with E-state index < -0.39 is 12.0 Å². The van der Waals surface area contributed by atoms with Crippen LogP contribution >= 0.6 is 11.8 Å². The lowest BCUT2D eigenvalue weighted by molar-refractivity contribution is -0.125. The average molecular weight is 312 g/mol. The van der Waals surface area contributed by atoms with Crippen LogP contribution < -0.4 is 4.74 Å². The number of rotatable bonds is 6. The van der Waals surface area contributed by atoms with Crippen molar-refractivity contribution in [3.8, 4) is 11.8 Å². The van der Waals surface area contributed by atoms with E-state index in [4.69, 9.17) is 4.74 Å². The molecule has 0 saturated heterocycles. The maximum absolute atomic E-state index is 12.4.